The van der Waals surface area contributed by atoms with Crippen molar-refractivity contribution >= 4 is 11.6 Å². The molecule has 0 aliphatic carbocycles. The maximum absolute atomic E-state index is 9.05. The first-order valence-electron chi connectivity index (χ1n) is 5.04. The van der Waals surface area contributed by atoms with E-state index in [0.29, 0.717) is 16.7 Å². The molecule has 2 aromatic rings. The van der Waals surface area contributed by atoms with Crippen molar-refractivity contribution < 1.29 is 5.11 Å². The molecule has 0 unspecified atom stereocenters. The second-order valence-corrected chi connectivity index (χ2v) is 4.19. The van der Waals surface area contributed by atoms with Crippen LogP contribution < -0.4 is 0 Å². The molecule has 1 aromatic heterocycles. The Morgan fingerprint density at radius 3 is 2.75 bits per heavy atom. The van der Waals surface area contributed by atoms with Crippen LogP contribution in [0.1, 0.15) is 16.8 Å². The minimum absolute atomic E-state index is 0.128. The standard InChI is InChI=1S/C12H13ClN2O/c1-7-3-4-8(2)9(5-7)12-14-10(6-16)11(13)15-12/h3-5,16H,6H2,1-2H3,(H,14,15). The predicted molar refractivity (Wildman–Crippen MR) is 64.4 cm³/mol. The molecule has 0 fully saturated rings. The van der Waals surface area contributed by atoms with E-state index in [1.807, 2.05) is 26.0 Å². The maximum atomic E-state index is 9.05. The molecule has 1 heterocycles. The summed E-state index contributed by atoms with van der Waals surface area (Å²) in [5.41, 5.74) is 3.86. The second-order valence-electron chi connectivity index (χ2n) is 3.83. The number of H-pyrrole nitrogens is 1. The van der Waals surface area contributed by atoms with Crippen molar-refractivity contribution in [3.8, 4) is 11.4 Å². The number of nitrogens with one attached hydrogen (secondary N) is 1. The first-order chi connectivity index (χ1) is 7.61. The highest BCUT2D eigenvalue weighted by molar-refractivity contribution is 6.30. The number of hydrogen-bond acceptors (Lipinski definition) is 2. The summed E-state index contributed by atoms with van der Waals surface area (Å²) in [6, 6.07) is 6.14. The fourth-order valence-electron chi connectivity index (χ4n) is 1.61. The lowest BCUT2D eigenvalue weighted by Crippen LogP contribution is -1.88. The summed E-state index contributed by atoms with van der Waals surface area (Å²) >= 11 is 5.88. The highest BCUT2D eigenvalue weighted by Gasteiger charge is 2.10. The van der Waals surface area contributed by atoms with E-state index < -0.39 is 0 Å². The molecule has 84 valence electrons. The van der Waals surface area contributed by atoms with E-state index in [2.05, 4.69) is 16.0 Å². The van der Waals surface area contributed by atoms with Crippen molar-refractivity contribution in [2.75, 3.05) is 0 Å². The highest BCUT2D eigenvalue weighted by Crippen LogP contribution is 2.25. The average Bonchev–Trinajstić information content (AvgIpc) is 2.63. The highest BCUT2D eigenvalue weighted by atomic mass is 35.5. The number of halogens is 1. The average molecular weight is 237 g/mol. The zero-order valence-electron chi connectivity index (χ0n) is 9.21. The molecule has 0 saturated carbocycles. The summed E-state index contributed by atoms with van der Waals surface area (Å²) in [6.45, 7) is 3.92. The quantitative estimate of drug-likeness (QED) is 0.843. The van der Waals surface area contributed by atoms with Gasteiger partial charge in [-0.25, -0.2) is 4.98 Å². The topological polar surface area (TPSA) is 48.9 Å². The Balaban J connectivity index is 2.53. The fraction of sp³-hybridized carbons (Fsp3) is 0.250. The molecule has 0 bridgehead atoms. The Labute approximate surface area is 99.1 Å². The number of aliphatic hydroxyl groups excluding tert-OH is 1. The molecule has 4 heteroatoms. The number of aliphatic hydroxyl groups is 1. The first kappa shape index (κ1) is 11.2. The summed E-state index contributed by atoms with van der Waals surface area (Å²) in [7, 11) is 0. The number of aromatic amines is 1. The van der Waals surface area contributed by atoms with Gasteiger partial charge in [-0.05, 0) is 25.5 Å². The zero-order valence-corrected chi connectivity index (χ0v) is 9.97. The van der Waals surface area contributed by atoms with Crippen molar-refractivity contribution in [3.63, 3.8) is 0 Å². The summed E-state index contributed by atoms with van der Waals surface area (Å²) in [6.07, 6.45) is 0. The van der Waals surface area contributed by atoms with Crippen molar-refractivity contribution in [2.24, 2.45) is 0 Å². The van der Waals surface area contributed by atoms with E-state index in [1.165, 1.54) is 5.56 Å². The van der Waals surface area contributed by atoms with Crippen LogP contribution in [0.4, 0.5) is 0 Å². The van der Waals surface area contributed by atoms with E-state index in [-0.39, 0.29) is 6.61 Å². The van der Waals surface area contributed by atoms with Crippen LogP contribution in [0.15, 0.2) is 18.2 Å². The second kappa shape index (κ2) is 4.28. The van der Waals surface area contributed by atoms with Crippen LogP contribution in [0.3, 0.4) is 0 Å². The number of aryl methyl sites for hydroxylation is 2. The van der Waals surface area contributed by atoms with E-state index in [1.54, 1.807) is 0 Å². The van der Waals surface area contributed by atoms with E-state index in [9.17, 15) is 0 Å². The number of hydrogen-bond donors (Lipinski definition) is 2. The smallest absolute Gasteiger partial charge is 0.153 e. The predicted octanol–water partition coefficient (Wildman–Crippen LogP) is 2.84. The van der Waals surface area contributed by atoms with Crippen LogP contribution in [-0.2, 0) is 6.61 Å². The largest absolute Gasteiger partial charge is 0.390 e. The van der Waals surface area contributed by atoms with Crippen molar-refractivity contribution in [1.29, 1.82) is 0 Å². The van der Waals surface area contributed by atoms with Gasteiger partial charge in [0.1, 0.15) is 5.82 Å². The molecular weight excluding hydrogens is 224 g/mol. The third-order valence-corrected chi connectivity index (χ3v) is 2.85. The maximum Gasteiger partial charge on any atom is 0.153 e. The molecule has 0 spiro atoms. The molecule has 2 rings (SSSR count). The van der Waals surface area contributed by atoms with Gasteiger partial charge in [0, 0.05) is 5.56 Å². The third kappa shape index (κ3) is 1.96. The van der Waals surface area contributed by atoms with Crippen LogP contribution in [0, 0.1) is 13.8 Å². The summed E-state index contributed by atoms with van der Waals surface area (Å²) < 4.78 is 0. The summed E-state index contributed by atoms with van der Waals surface area (Å²) in [5, 5.41) is 9.38. The molecule has 16 heavy (non-hydrogen) atoms. The molecule has 0 atom stereocenters. The molecule has 0 radical (unpaired) electrons. The van der Waals surface area contributed by atoms with E-state index in [0.717, 1.165) is 11.1 Å². The van der Waals surface area contributed by atoms with Gasteiger partial charge in [-0.1, -0.05) is 29.3 Å². The number of imidazole rings is 1. The van der Waals surface area contributed by atoms with Gasteiger partial charge in [-0.2, -0.15) is 0 Å². The zero-order chi connectivity index (χ0) is 11.7. The lowest BCUT2D eigenvalue weighted by molar-refractivity contribution is 0.277. The monoisotopic (exact) mass is 236 g/mol. The van der Waals surface area contributed by atoms with Crippen molar-refractivity contribution in [2.45, 2.75) is 20.5 Å². The van der Waals surface area contributed by atoms with Crippen LogP contribution in [0.25, 0.3) is 11.4 Å². The Morgan fingerprint density at radius 2 is 2.12 bits per heavy atom. The fourth-order valence-corrected chi connectivity index (χ4v) is 1.80. The Kier molecular flexibility index (Phi) is 2.99. The van der Waals surface area contributed by atoms with Crippen molar-refractivity contribution in [1.82, 2.24) is 9.97 Å². The van der Waals surface area contributed by atoms with Gasteiger partial charge in [0.15, 0.2) is 5.15 Å². The van der Waals surface area contributed by atoms with E-state index >= 15 is 0 Å². The van der Waals surface area contributed by atoms with Crippen LogP contribution in [0.5, 0.6) is 0 Å². The Morgan fingerprint density at radius 1 is 1.38 bits per heavy atom. The Hall–Kier alpha value is -1.32. The van der Waals surface area contributed by atoms with Gasteiger partial charge in [-0.3, -0.25) is 0 Å². The minimum atomic E-state index is -0.128. The van der Waals surface area contributed by atoms with E-state index in [4.69, 9.17) is 16.7 Å². The van der Waals surface area contributed by atoms with Crippen LogP contribution in [0.2, 0.25) is 5.15 Å². The molecule has 0 aliphatic rings. The van der Waals surface area contributed by atoms with Gasteiger partial charge < -0.3 is 10.1 Å². The molecule has 0 amide bonds. The summed E-state index contributed by atoms with van der Waals surface area (Å²) in [4.78, 5) is 7.23. The van der Waals surface area contributed by atoms with Gasteiger partial charge in [-0.15, -0.1) is 0 Å². The third-order valence-electron chi connectivity index (χ3n) is 2.53. The molecule has 0 aliphatic heterocycles. The lowest BCUT2D eigenvalue weighted by atomic mass is 10.1. The number of benzene rings is 1. The van der Waals surface area contributed by atoms with Gasteiger partial charge >= 0.3 is 0 Å². The number of rotatable bonds is 2. The normalized spacial score (nSPS) is 10.8. The van der Waals surface area contributed by atoms with Gasteiger partial charge in [0.25, 0.3) is 0 Å². The molecule has 1 aromatic carbocycles. The lowest BCUT2D eigenvalue weighted by Gasteiger charge is -2.03. The Bertz CT molecular complexity index is 520. The minimum Gasteiger partial charge on any atom is -0.390 e. The molecule has 0 saturated heterocycles. The molecule has 3 nitrogen and oxygen atoms in total. The molecule has 2 N–H and O–H groups in total. The first-order valence-corrected chi connectivity index (χ1v) is 5.42. The van der Waals surface area contributed by atoms with Gasteiger partial charge in [0.05, 0.1) is 12.3 Å². The molecular formula is C12H13ClN2O. The van der Waals surface area contributed by atoms with Gasteiger partial charge in [0.2, 0.25) is 0 Å². The van der Waals surface area contributed by atoms with Crippen LogP contribution >= 0.6 is 11.6 Å². The number of nitrogens with zero attached hydrogens (tertiary/aromatic N) is 1. The van der Waals surface area contributed by atoms with Crippen molar-refractivity contribution in [3.05, 3.63) is 40.2 Å². The number of aromatic nitrogens is 2. The SMILES string of the molecule is Cc1ccc(C)c(-c2nc(Cl)c(CO)[nH]2)c1. The van der Waals surface area contributed by atoms with Crippen LogP contribution in [-0.4, -0.2) is 15.1 Å². The summed E-state index contributed by atoms with van der Waals surface area (Å²) in [5.74, 6) is 0.704.